The van der Waals surface area contributed by atoms with Gasteiger partial charge in [0.25, 0.3) is 0 Å². The van der Waals surface area contributed by atoms with Gasteiger partial charge in [-0.3, -0.25) is 0 Å². The highest BCUT2D eigenvalue weighted by atomic mass is 32.1. The van der Waals surface area contributed by atoms with E-state index in [4.69, 9.17) is 10.5 Å². The van der Waals surface area contributed by atoms with Crippen molar-refractivity contribution in [3.8, 4) is 5.75 Å². The smallest absolute Gasteiger partial charge is 0.142 e. The van der Waals surface area contributed by atoms with E-state index in [-0.39, 0.29) is 0 Å². The highest BCUT2D eigenvalue weighted by molar-refractivity contribution is 7.10. The van der Waals surface area contributed by atoms with Crippen molar-refractivity contribution < 1.29 is 4.74 Å². The van der Waals surface area contributed by atoms with Crippen molar-refractivity contribution in [3.05, 3.63) is 35.4 Å². The van der Waals surface area contributed by atoms with Crippen molar-refractivity contribution in [2.75, 3.05) is 24.8 Å². The maximum absolute atomic E-state index is 5.77. The van der Waals surface area contributed by atoms with Gasteiger partial charge in [-0.2, -0.15) is 4.37 Å². The predicted molar refractivity (Wildman–Crippen MR) is 76.4 cm³/mol. The summed E-state index contributed by atoms with van der Waals surface area (Å²) in [6.45, 7) is 2.80. The van der Waals surface area contributed by atoms with E-state index in [2.05, 4.69) is 15.3 Å². The maximum Gasteiger partial charge on any atom is 0.142 e. The zero-order valence-corrected chi connectivity index (χ0v) is 11.6. The summed E-state index contributed by atoms with van der Waals surface area (Å²) in [5.74, 6) is 1.49. The molecule has 1 aromatic carbocycles. The summed E-state index contributed by atoms with van der Waals surface area (Å²) in [5, 5.41) is 1.11. The van der Waals surface area contributed by atoms with Crippen LogP contribution < -0.4 is 15.4 Å². The Bertz CT molecular complexity index is 539. The Labute approximate surface area is 111 Å². The van der Waals surface area contributed by atoms with Gasteiger partial charge >= 0.3 is 0 Å². The molecule has 2 aromatic rings. The van der Waals surface area contributed by atoms with E-state index in [9.17, 15) is 0 Å². The molecular weight excluding hydrogens is 246 g/mol. The number of anilines is 2. The molecule has 0 unspecified atom stereocenters. The zero-order valence-electron chi connectivity index (χ0n) is 10.8. The molecule has 2 rings (SSSR count). The molecule has 96 valence electrons. The van der Waals surface area contributed by atoms with E-state index in [0.717, 1.165) is 22.9 Å². The first-order valence-corrected chi connectivity index (χ1v) is 6.45. The number of hydrogen-bond acceptors (Lipinski definition) is 5. The van der Waals surface area contributed by atoms with Crippen molar-refractivity contribution >= 4 is 22.4 Å². The molecule has 0 bridgehead atoms. The number of benzene rings is 1. The average Bonchev–Trinajstić information content (AvgIpc) is 2.70. The normalized spacial score (nSPS) is 10.4. The number of rotatable bonds is 4. The number of methoxy groups -OCH3 is 1. The molecule has 0 aliphatic rings. The molecule has 0 atom stereocenters. The van der Waals surface area contributed by atoms with Gasteiger partial charge in [0.05, 0.1) is 7.11 Å². The van der Waals surface area contributed by atoms with E-state index >= 15 is 0 Å². The lowest BCUT2D eigenvalue weighted by atomic mass is 10.2. The Kier molecular flexibility index (Phi) is 3.72. The van der Waals surface area contributed by atoms with E-state index in [1.807, 2.05) is 32.2 Å². The van der Waals surface area contributed by atoms with Gasteiger partial charge < -0.3 is 15.4 Å². The number of aromatic nitrogens is 1. The minimum Gasteiger partial charge on any atom is -0.497 e. The second kappa shape index (κ2) is 5.27. The van der Waals surface area contributed by atoms with Crippen LogP contribution in [0.5, 0.6) is 5.75 Å². The van der Waals surface area contributed by atoms with Gasteiger partial charge in [0.1, 0.15) is 16.6 Å². The summed E-state index contributed by atoms with van der Waals surface area (Å²) in [5.41, 5.74) is 8.01. The van der Waals surface area contributed by atoms with Crippen LogP contribution in [0.15, 0.2) is 24.3 Å². The average molecular weight is 263 g/mol. The topological polar surface area (TPSA) is 51.4 Å². The molecule has 1 aromatic heterocycles. The molecule has 0 saturated heterocycles. The summed E-state index contributed by atoms with van der Waals surface area (Å²) in [6, 6.07) is 8.06. The molecule has 1 heterocycles. The summed E-state index contributed by atoms with van der Waals surface area (Å²) >= 11 is 1.43. The number of nitrogens with two attached hydrogens (primary N) is 1. The first-order chi connectivity index (χ1) is 8.61. The predicted octanol–water partition coefficient (Wildman–Crippen LogP) is 2.68. The molecule has 2 N–H and O–H groups in total. The fraction of sp³-hybridized carbons (Fsp3) is 0.308. The van der Waals surface area contributed by atoms with E-state index in [0.29, 0.717) is 5.82 Å². The second-order valence-corrected chi connectivity index (χ2v) is 4.96. The monoisotopic (exact) mass is 263 g/mol. The first-order valence-electron chi connectivity index (χ1n) is 5.67. The number of ether oxygens (including phenoxy) is 1. The van der Waals surface area contributed by atoms with Crippen LogP contribution >= 0.6 is 11.5 Å². The Morgan fingerprint density at radius 1 is 1.44 bits per heavy atom. The molecule has 4 nitrogen and oxygen atoms in total. The fourth-order valence-corrected chi connectivity index (χ4v) is 2.58. The van der Waals surface area contributed by atoms with Gasteiger partial charge in [-0.15, -0.1) is 0 Å². The largest absolute Gasteiger partial charge is 0.497 e. The van der Waals surface area contributed by atoms with Crippen LogP contribution in [0.1, 0.15) is 11.1 Å². The molecule has 0 fully saturated rings. The van der Waals surface area contributed by atoms with Crippen LogP contribution in [0.25, 0.3) is 0 Å². The Morgan fingerprint density at radius 2 is 2.22 bits per heavy atom. The lowest BCUT2D eigenvalue weighted by Crippen LogP contribution is -2.16. The van der Waals surface area contributed by atoms with Crippen LogP contribution in [-0.4, -0.2) is 18.5 Å². The number of hydrogen-bond donors (Lipinski definition) is 1. The summed E-state index contributed by atoms with van der Waals surface area (Å²) in [6.07, 6.45) is 0. The van der Waals surface area contributed by atoms with Gasteiger partial charge in [0.15, 0.2) is 0 Å². The van der Waals surface area contributed by atoms with E-state index in [1.165, 1.54) is 17.1 Å². The zero-order chi connectivity index (χ0) is 13.1. The third kappa shape index (κ3) is 2.56. The molecule has 5 heteroatoms. The van der Waals surface area contributed by atoms with Gasteiger partial charge in [0, 0.05) is 19.2 Å². The van der Waals surface area contributed by atoms with E-state index in [1.54, 1.807) is 7.11 Å². The quantitative estimate of drug-likeness (QED) is 0.921. The molecule has 0 aliphatic heterocycles. The molecule has 0 radical (unpaired) electrons. The molecule has 0 aliphatic carbocycles. The molecule has 18 heavy (non-hydrogen) atoms. The number of nitrogen functional groups attached to an aromatic ring is 1. The number of nitrogens with zero attached hydrogens (tertiary/aromatic N) is 2. The van der Waals surface area contributed by atoms with E-state index < -0.39 is 0 Å². The lowest BCUT2D eigenvalue weighted by molar-refractivity contribution is 0.414. The van der Waals surface area contributed by atoms with Gasteiger partial charge in [-0.1, -0.05) is 12.1 Å². The Morgan fingerprint density at radius 3 is 2.83 bits per heavy atom. The summed E-state index contributed by atoms with van der Waals surface area (Å²) in [4.78, 5) is 2.15. The third-order valence-electron chi connectivity index (χ3n) is 2.84. The third-order valence-corrected chi connectivity index (χ3v) is 3.91. The van der Waals surface area contributed by atoms with Crippen molar-refractivity contribution in [3.63, 3.8) is 0 Å². The van der Waals surface area contributed by atoms with Crippen LogP contribution in [0.4, 0.5) is 10.8 Å². The summed E-state index contributed by atoms with van der Waals surface area (Å²) in [7, 11) is 3.72. The lowest BCUT2D eigenvalue weighted by Gasteiger charge is -2.18. The van der Waals surface area contributed by atoms with Crippen molar-refractivity contribution in [1.82, 2.24) is 4.37 Å². The van der Waals surface area contributed by atoms with Gasteiger partial charge in [-0.25, -0.2) is 0 Å². The Hall–Kier alpha value is -1.75. The standard InChI is InChI=1S/C13H17N3OS/c1-9-12(14)15-18-13(9)16(2)8-10-5-4-6-11(7-10)17-3/h4-7H,8H2,1-3H3,(H2,14,15). The molecule has 0 saturated carbocycles. The van der Waals surface area contributed by atoms with Crippen LogP contribution in [0, 0.1) is 6.92 Å². The van der Waals surface area contributed by atoms with Crippen molar-refractivity contribution in [1.29, 1.82) is 0 Å². The minimum atomic E-state index is 0.618. The van der Waals surface area contributed by atoms with Crippen LogP contribution in [0.2, 0.25) is 0 Å². The summed E-state index contributed by atoms with van der Waals surface area (Å²) < 4.78 is 9.39. The van der Waals surface area contributed by atoms with Crippen LogP contribution in [0.3, 0.4) is 0 Å². The van der Waals surface area contributed by atoms with Gasteiger partial charge in [0.2, 0.25) is 0 Å². The van der Waals surface area contributed by atoms with Crippen molar-refractivity contribution in [2.24, 2.45) is 0 Å². The Balaban J connectivity index is 2.15. The maximum atomic E-state index is 5.77. The molecular formula is C13H17N3OS. The van der Waals surface area contributed by atoms with Gasteiger partial charge in [-0.05, 0) is 36.2 Å². The second-order valence-electron chi connectivity index (χ2n) is 4.21. The highest BCUT2D eigenvalue weighted by Gasteiger charge is 2.11. The molecule has 0 amide bonds. The molecule has 0 spiro atoms. The minimum absolute atomic E-state index is 0.618. The first kappa shape index (κ1) is 12.7. The van der Waals surface area contributed by atoms with Crippen LogP contribution in [-0.2, 0) is 6.54 Å². The SMILES string of the molecule is COc1cccc(CN(C)c2snc(N)c2C)c1. The fourth-order valence-electron chi connectivity index (χ4n) is 1.81. The van der Waals surface area contributed by atoms with Crippen molar-refractivity contribution in [2.45, 2.75) is 13.5 Å². The highest BCUT2D eigenvalue weighted by Crippen LogP contribution is 2.29.